The number of nitrogens with zero attached hydrogens (tertiary/aromatic N) is 4. The fraction of sp³-hybridized carbons (Fsp3) is 0.462. The molecule has 2 aromatic rings. The van der Waals surface area contributed by atoms with Crippen molar-refractivity contribution in [3.05, 3.63) is 30.9 Å². The predicted molar refractivity (Wildman–Crippen MR) is 71.0 cm³/mol. The average Bonchev–Trinajstić information content (AvgIpc) is 3.01. The summed E-state index contributed by atoms with van der Waals surface area (Å²) in [6.45, 7) is 1.85. The molecule has 3 rings (SSSR count). The molecule has 2 aromatic heterocycles. The summed E-state index contributed by atoms with van der Waals surface area (Å²) < 4.78 is 7.08. The average molecular weight is 259 g/mol. The van der Waals surface area contributed by atoms with E-state index in [2.05, 4.69) is 20.4 Å². The summed E-state index contributed by atoms with van der Waals surface area (Å²) in [5.41, 5.74) is 0.310. The minimum absolute atomic E-state index is 0.310. The molecule has 0 amide bonds. The molecule has 1 N–H and O–H groups in total. The van der Waals surface area contributed by atoms with E-state index in [1.165, 1.54) is 19.2 Å². The molecule has 0 spiro atoms. The molecule has 0 aromatic carbocycles. The summed E-state index contributed by atoms with van der Waals surface area (Å²) in [7, 11) is 1.60. The molecule has 19 heavy (non-hydrogen) atoms. The maximum absolute atomic E-state index is 5.08. The van der Waals surface area contributed by atoms with Gasteiger partial charge >= 0.3 is 0 Å². The van der Waals surface area contributed by atoms with Crippen LogP contribution in [0.3, 0.4) is 0 Å². The third-order valence-electron chi connectivity index (χ3n) is 3.51. The first-order chi connectivity index (χ1) is 9.30. The summed E-state index contributed by atoms with van der Waals surface area (Å²) in [4.78, 5) is 8.18. The Balaban J connectivity index is 1.59. The minimum atomic E-state index is 0.310. The number of hydrogen-bond acceptors (Lipinski definition) is 5. The van der Waals surface area contributed by atoms with Gasteiger partial charge in [0, 0.05) is 37.0 Å². The van der Waals surface area contributed by atoms with Crippen LogP contribution in [-0.2, 0) is 6.54 Å². The first-order valence-corrected chi connectivity index (χ1v) is 6.37. The maximum atomic E-state index is 5.08. The lowest BCUT2D eigenvalue weighted by molar-refractivity contribution is 0.396. The molecule has 0 atom stereocenters. The van der Waals surface area contributed by atoms with E-state index < -0.39 is 0 Å². The van der Waals surface area contributed by atoms with Crippen molar-refractivity contribution in [3.8, 4) is 5.88 Å². The van der Waals surface area contributed by atoms with Crippen molar-refractivity contribution in [2.24, 2.45) is 5.41 Å². The van der Waals surface area contributed by atoms with E-state index in [0.717, 1.165) is 18.9 Å². The normalized spacial score (nSPS) is 16.1. The Morgan fingerprint density at radius 3 is 3.00 bits per heavy atom. The quantitative estimate of drug-likeness (QED) is 0.853. The van der Waals surface area contributed by atoms with Crippen LogP contribution in [0.4, 0.5) is 5.82 Å². The van der Waals surface area contributed by atoms with Gasteiger partial charge in [0.15, 0.2) is 0 Å². The van der Waals surface area contributed by atoms with Crippen LogP contribution >= 0.6 is 0 Å². The van der Waals surface area contributed by atoms with Crippen molar-refractivity contribution in [2.45, 2.75) is 19.4 Å². The lowest BCUT2D eigenvalue weighted by Crippen LogP contribution is -2.22. The molecular weight excluding hydrogens is 242 g/mol. The molecule has 0 radical (unpaired) electrons. The molecule has 6 heteroatoms. The van der Waals surface area contributed by atoms with Crippen molar-refractivity contribution < 1.29 is 4.74 Å². The second-order valence-electron chi connectivity index (χ2n) is 5.00. The topological polar surface area (TPSA) is 64.9 Å². The molecule has 0 aliphatic heterocycles. The van der Waals surface area contributed by atoms with Gasteiger partial charge < -0.3 is 10.1 Å². The van der Waals surface area contributed by atoms with Gasteiger partial charge in [0.2, 0.25) is 5.88 Å². The van der Waals surface area contributed by atoms with Crippen LogP contribution in [-0.4, -0.2) is 33.4 Å². The molecule has 0 saturated heterocycles. The molecule has 1 aliphatic carbocycles. The molecular formula is C13H17N5O. The van der Waals surface area contributed by atoms with Crippen LogP contribution in [0.2, 0.25) is 0 Å². The summed E-state index contributed by atoms with van der Waals surface area (Å²) in [5, 5.41) is 7.63. The highest BCUT2D eigenvalue weighted by atomic mass is 16.5. The number of rotatable bonds is 6. The SMILES string of the molecule is COc1cc(NCC2(Cn3cccn3)CC2)ncn1. The first-order valence-electron chi connectivity index (χ1n) is 6.37. The van der Waals surface area contributed by atoms with Crippen LogP contribution in [0.1, 0.15) is 12.8 Å². The van der Waals surface area contributed by atoms with Crippen molar-refractivity contribution in [3.63, 3.8) is 0 Å². The number of anilines is 1. The number of methoxy groups -OCH3 is 1. The Hall–Kier alpha value is -2.11. The summed E-state index contributed by atoms with van der Waals surface area (Å²) in [6.07, 6.45) is 7.78. The minimum Gasteiger partial charge on any atom is -0.481 e. The van der Waals surface area contributed by atoms with Crippen LogP contribution in [0, 0.1) is 5.41 Å². The van der Waals surface area contributed by atoms with Crippen LogP contribution in [0.25, 0.3) is 0 Å². The van der Waals surface area contributed by atoms with Gasteiger partial charge in [0.25, 0.3) is 0 Å². The van der Waals surface area contributed by atoms with Gasteiger partial charge in [0.1, 0.15) is 12.1 Å². The van der Waals surface area contributed by atoms with E-state index in [9.17, 15) is 0 Å². The van der Waals surface area contributed by atoms with E-state index in [4.69, 9.17) is 4.74 Å². The molecule has 0 unspecified atom stereocenters. The highest BCUT2D eigenvalue weighted by molar-refractivity contribution is 5.37. The third-order valence-corrected chi connectivity index (χ3v) is 3.51. The van der Waals surface area contributed by atoms with Crippen molar-refractivity contribution in [1.82, 2.24) is 19.7 Å². The van der Waals surface area contributed by atoms with Gasteiger partial charge in [-0.2, -0.15) is 5.10 Å². The third kappa shape index (κ3) is 2.83. The Labute approximate surface area is 111 Å². The molecule has 1 saturated carbocycles. The zero-order valence-corrected chi connectivity index (χ0v) is 10.9. The van der Waals surface area contributed by atoms with Crippen LogP contribution < -0.4 is 10.1 Å². The summed E-state index contributed by atoms with van der Waals surface area (Å²) in [5.74, 6) is 1.38. The highest BCUT2D eigenvalue weighted by Crippen LogP contribution is 2.46. The van der Waals surface area contributed by atoms with Crippen LogP contribution in [0.15, 0.2) is 30.9 Å². The zero-order chi connectivity index (χ0) is 13.1. The van der Waals surface area contributed by atoms with Gasteiger partial charge in [-0.25, -0.2) is 9.97 Å². The number of aromatic nitrogens is 4. The number of nitrogens with one attached hydrogen (secondary N) is 1. The molecule has 0 bridgehead atoms. The van der Waals surface area contributed by atoms with E-state index in [0.29, 0.717) is 11.3 Å². The molecule has 100 valence electrons. The van der Waals surface area contributed by atoms with E-state index >= 15 is 0 Å². The first kappa shape index (κ1) is 12.0. The fourth-order valence-electron chi connectivity index (χ4n) is 2.13. The van der Waals surface area contributed by atoms with E-state index in [1.54, 1.807) is 7.11 Å². The smallest absolute Gasteiger partial charge is 0.218 e. The summed E-state index contributed by atoms with van der Waals surface area (Å²) in [6, 6.07) is 3.77. The van der Waals surface area contributed by atoms with Gasteiger partial charge in [-0.3, -0.25) is 4.68 Å². The van der Waals surface area contributed by atoms with Crippen molar-refractivity contribution in [2.75, 3.05) is 19.0 Å². The Morgan fingerprint density at radius 1 is 1.42 bits per heavy atom. The number of hydrogen-bond donors (Lipinski definition) is 1. The highest BCUT2D eigenvalue weighted by Gasteiger charge is 2.42. The number of ether oxygens (including phenoxy) is 1. The monoisotopic (exact) mass is 259 g/mol. The van der Waals surface area contributed by atoms with Gasteiger partial charge in [-0.1, -0.05) is 0 Å². The van der Waals surface area contributed by atoms with E-state index in [1.807, 2.05) is 29.2 Å². The van der Waals surface area contributed by atoms with Crippen LogP contribution in [0.5, 0.6) is 5.88 Å². The van der Waals surface area contributed by atoms with Gasteiger partial charge in [0.05, 0.1) is 7.11 Å². The largest absolute Gasteiger partial charge is 0.481 e. The molecule has 2 heterocycles. The molecule has 6 nitrogen and oxygen atoms in total. The van der Waals surface area contributed by atoms with E-state index in [-0.39, 0.29) is 0 Å². The molecule has 1 aliphatic rings. The predicted octanol–water partition coefficient (Wildman–Crippen LogP) is 1.57. The van der Waals surface area contributed by atoms with Gasteiger partial charge in [-0.05, 0) is 18.9 Å². The Morgan fingerprint density at radius 2 is 2.32 bits per heavy atom. The second-order valence-corrected chi connectivity index (χ2v) is 5.00. The lowest BCUT2D eigenvalue weighted by Gasteiger charge is -2.16. The maximum Gasteiger partial charge on any atom is 0.218 e. The van der Waals surface area contributed by atoms with Gasteiger partial charge in [-0.15, -0.1) is 0 Å². The lowest BCUT2D eigenvalue weighted by atomic mass is 10.1. The Bertz CT molecular complexity index is 536. The second kappa shape index (κ2) is 4.87. The standard InChI is InChI=1S/C13H17N5O/c1-19-12-7-11(15-10-16-12)14-8-13(3-4-13)9-18-6-2-5-17-18/h2,5-7,10H,3-4,8-9H2,1H3,(H,14,15,16). The Kier molecular flexibility index (Phi) is 3.06. The van der Waals surface area contributed by atoms with Crippen molar-refractivity contribution in [1.29, 1.82) is 0 Å². The zero-order valence-electron chi connectivity index (χ0n) is 10.9. The fourth-order valence-corrected chi connectivity index (χ4v) is 2.13. The molecule has 1 fully saturated rings. The summed E-state index contributed by atoms with van der Waals surface area (Å²) >= 11 is 0. The van der Waals surface area contributed by atoms with Crippen molar-refractivity contribution >= 4 is 5.82 Å².